The summed E-state index contributed by atoms with van der Waals surface area (Å²) in [5, 5.41) is 102. The van der Waals surface area contributed by atoms with Crippen LogP contribution < -0.4 is 31.9 Å². The molecule has 0 aliphatic heterocycles. The Balaban J connectivity index is 0.666. The number of aliphatic hydroxyl groups excluding tert-OH is 6. The fourth-order valence-corrected chi connectivity index (χ4v) is 12.5. The van der Waals surface area contributed by atoms with E-state index in [1.54, 1.807) is 21.8 Å². The second-order valence-electron chi connectivity index (χ2n) is 23.9. The summed E-state index contributed by atoms with van der Waals surface area (Å²) in [6.45, 7) is 8.83. The van der Waals surface area contributed by atoms with Crippen LogP contribution in [0.3, 0.4) is 0 Å². The van der Waals surface area contributed by atoms with Crippen LogP contribution in [0.15, 0.2) is 50.1 Å². The summed E-state index contributed by atoms with van der Waals surface area (Å²) in [4.78, 5) is 54.6. The van der Waals surface area contributed by atoms with Crippen LogP contribution in [-0.4, -0.2) is 186 Å². The first-order valence-corrected chi connectivity index (χ1v) is 30.0. The van der Waals surface area contributed by atoms with E-state index in [4.69, 9.17) is 29.9 Å². The number of fused-ring (bicyclic) bond motifs is 2. The van der Waals surface area contributed by atoms with Crippen molar-refractivity contribution in [3.8, 4) is 0 Å². The van der Waals surface area contributed by atoms with Crippen molar-refractivity contribution in [2.75, 3.05) is 34.4 Å². The number of anilines is 4. The minimum Gasteiger partial charge on any atom is -0.390 e. The average Bonchev–Trinajstić information content (AvgIpc) is 2.02. The van der Waals surface area contributed by atoms with Crippen molar-refractivity contribution in [2.45, 2.75) is 203 Å². The van der Waals surface area contributed by atoms with Gasteiger partial charge in [-0.2, -0.15) is 49.9 Å². The zero-order chi connectivity index (χ0) is 59.8. The highest BCUT2D eigenvalue weighted by Gasteiger charge is 2.47. The molecule has 0 unspecified atom stereocenters. The molecule has 0 bridgehead atoms. The molecule has 2 amide bonds. The maximum absolute atomic E-state index is 13.6. The quantitative estimate of drug-likeness (QED) is 0.0463. The Morgan fingerprint density at radius 1 is 0.523 bits per heavy atom. The van der Waals surface area contributed by atoms with E-state index in [9.17, 15) is 35.4 Å². The van der Waals surface area contributed by atoms with Crippen molar-refractivity contribution >= 4 is 51.9 Å². The number of hydrogen-bond acceptors (Lipinski definition) is 23. The van der Waals surface area contributed by atoms with Gasteiger partial charge in [-0.3, -0.25) is 0 Å². The summed E-state index contributed by atoms with van der Waals surface area (Å²) in [6.07, 6.45) is 16.9. The number of carbonyl (C=O) groups excluding carboxylic acids is 1. The first kappa shape index (κ1) is 58.4. The topological polar surface area (TPSA) is 395 Å². The van der Waals surface area contributed by atoms with Crippen molar-refractivity contribution in [2.24, 2.45) is 0 Å². The molecule has 8 atom stereocenters. The molecule has 4 fully saturated rings. The molecule has 0 saturated heterocycles. The highest BCUT2D eigenvalue weighted by Crippen LogP contribution is 2.42. The summed E-state index contributed by atoms with van der Waals surface area (Å²) in [5.41, 5.74) is 4.57. The third-order valence-electron chi connectivity index (χ3n) is 17.5. The Bertz CT molecular complexity index is 3350. The van der Waals surface area contributed by atoms with Gasteiger partial charge >= 0.3 is 6.03 Å². The molecule has 4 aliphatic carbocycles. The standard InChI is InChI=1S/C55H78N24O7/c1-29(2)74-21-35(58-25-74)13-15-56-53-68-49(43-51(70-53)76(27-60-43)39-17-41(47(84)45(39)82)78-62-19-37(23-80)72-78)64-31-5-9-33(10-6-31)66-55(86)67-34-11-7-32(8-12-34)65-50-44-52(71-54(69-50)57-16-14-36-22-75(26-59-36)30(3)4)77(28-61-44)40-18-42(48(85)46(40)83)79-63-20-38(24-81)73-79/h19-22,25-34,39-42,45-48,80-85H,5-18,23-24H2,1-4H3,(H2,66,67,86)(H2,56,64,68,70)(H2,57,65,69,71)/t31?,32?,33?,34?,39-,40-,41+,42+,45+,46+,47-,48-/m1/s1. The molecule has 0 spiro atoms. The number of aromatic nitrogens is 18. The number of nitrogens with zero attached hydrogens (tertiary/aromatic N) is 18. The van der Waals surface area contributed by atoms with Crippen LogP contribution >= 0.6 is 0 Å². The van der Waals surface area contributed by atoms with Gasteiger partial charge in [0.15, 0.2) is 34.0 Å². The number of carbonyl (C=O) groups is 1. The lowest BCUT2D eigenvalue weighted by Crippen LogP contribution is -2.49. The van der Waals surface area contributed by atoms with Crippen LogP contribution in [-0.2, 0) is 26.1 Å². The van der Waals surface area contributed by atoms with Gasteiger partial charge in [0, 0.05) is 74.6 Å². The van der Waals surface area contributed by atoms with Gasteiger partial charge < -0.3 is 80.8 Å². The Morgan fingerprint density at radius 2 is 0.919 bits per heavy atom. The molecule has 86 heavy (non-hydrogen) atoms. The maximum Gasteiger partial charge on any atom is 0.315 e. The number of urea groups is 1. The minimum absolute atomic E-state index is 0.0170. The van der Waals surface area contributed by atoms with E-state index in [0.717, 1.165) is 62.8 Å². The molecule has 8 aromatic heterocycles. The molecule has 12 rings (SSSR count). The van der Waals surface area contributed by atoms with Gasteiger partial charge in [-0.25, -0.2) is 24.7 Å². The van der Waals surface area contributed by atoms with Gasteiger partial charge in [-0.15, -0.1) is 0 Å². The fraction of sp³-hybridized carbons (Fsp3) is 0.618. The molecule has 8 aromatic rings. The van der Waals surface area contributed by atoms with E-state index < -0.39 is 48.6 Å². The van der Waals surface area contributed by atoms with Crippen LogP contribution in [0.25, 0.3) is 22.3 Å². The number of hydrogen-bond donors (Lipinski definition) is 12. The number of rotatable bonds is 22. The third-order valence-corrected chi connectivity index (χ3v) is 17.5. The molecular weight excluding hydrogens is 1110 g/mol. The van der Waals surface area contributed by atoms with Crippen molar-refractivity contribution in [1.82, 2.24) is 98.8 Å². The average molecular weight is 1190 g/mol. The second kappa shape index (κ2) is 25.2. The molecule has 31 heteroatoms. The fourth-order valence-electron chi connectivity index (χ4n) is 12.5. The molecule has 12 N–H and O–H groups in total. The van der Waals surface area contributed by atoms with Gasteiger partial charge in [0.05, 0.1) is 74.4 Å². The molecule has 0 aromatic carbocycles. The Morgan fingerprint density at radius 3 is 1.29 bits per heavy atom. The smallest absolute Gasteiger partial charge is 0.315 e. The highest BCUT2D eigenvalue weighted by molar-refractivity contribution is 5.85. The Hall–Kier alpha value is -7.97. The number of imidazole rings is 4. The van der Waals surface area contributed by atoms with Crippen molar-refractivity contribution in [1.29, 1.82) is 0 Å². The lowest BCUT2D eigenvalue weighted by atomic mass is 9.90. The van der Waals surface area contributed by atoms with Gasteiger partial charge in [0.2, 0.25) is 11.9 Å². The lowest BCUT2D eigenvalue weighted by molar-refractivity contribution is 0.00491. The molecule has 8 heterocycles. The van der Waals surface area contributed by atoms with E-state index >= 15 is 0 Å². The number of nitrogens with one attached hydrogen (secondary N) is 6. The van der Waals surface area contributed by atoms with E-state index in [1.165, 1.54) is 22.0 Å². The number of amides is 2. The predicted molar refractivity (Wildman–Crippen MR) is 313 cm³/mol. The second-order valence-corrected chi connectivity index (χ2v) is 23.9. The van der Waals surface area contributed by atoms with Crippen LogP contribution in [0, 0.1) is 0 Å². The van der Waals surface area contributed by atoms with Gasteiger partial charge in [0.1, 0.15) is 47.9 Å². The minimum atomic E-state index is -1.19. The molecule has 4 saturated carbocycles. The van der Waals surface area contributed by atoms with Crippen molar-refractivity contribution in [3.05, 3.63) is 72.9 Å². The van der Waals surface area contributed by atoms with Gasteiger partial charge in [-0.05, 0) is 91.9 Å². The van der Waals surface area contributed by atoms with E-state index in [1.807, 2.05) is 25.0 Å². The number of aliphatic hydroxyl groups is 6. The van der Waals surface area contributed by atoms with E-state index in [-0.39, 0.29) is 68.3 Å². The van der Waals surface area contributed by atoms with Crippen LogP contribution in [0.2, 0.25) is 0 Å². The first-order valence-electron chi connectivity index (χ1n) is 30.0. The third kappa shape index (κ3) is 12.4. The zero-order valence-electron chi connectivity index (χ0n) is 48.7. The van der Waals surface area contributed by atoms with Gasteiger partial charge in [0.25, 0.3) is 0 Å². The lowest BCUT2D eigenvalue weighted by Gasteiger charge is -2.32. The predicted octanol–water partition coefficient (Wildman–Crippen LogP) is 2.26. The summed E-state index contributed by atoms with van der Waals surface area (Å²) in [6, 6.07) is -2.18. The van der Waals surface area contributed by atoms with Crippen LogP contribution in [0.5, 0.6) is 0 Å². The Labute approximate surface area is 494 Å². The van der Waals surface area contributed by atoms with Gasteiger partial charge in [-0.1, -0.05) is 0 Å². The van der Waals surface area contributed by atoms with Crippen LogP contribution in [0.1, 0.15) is 151 Å². The summed E-state index contributed by atoms with van der Waals surface area (Å²) < 4.78 is 7.68. The molecule has 4 aliphatic rings. The monoisotopic (exact) mass is 1190 g/mol. The van der Waals surface area contributed by atoms with Crippen LogP contribution in [0.4, 0.5) is 28.3 Å². The Kier molecular flexibility index (Phi) is 17.1. The summed E-state index contributed by atoms with van der Waals surface area (Å²) >= 11 is 0. The molecule has 31 nitrogen and oxygen atoms in total. The SMILES string of the molecule is CC(C)n1cnc(CCNc2nc(NC3CCC(NC(=O)NC4CCC(Nc5nc(NCCc6cn(C(C)C)cn6)nc6c5ncn6[C@@H]5C[C@H](n6ncc(CO)n6)[C@@H](O)[C@H]5O)CC4)CC3)c3ncn([C@@H]4C[C@H](n5ncc(CO)n5)[C@@H](O)[C@H]4O)c3n2)c1. The van der Waals surface area contributed by atoms with Crippen molar-refractivity contribution in [3.63, 3.8) is 0 Å². The van der Waals surface area contributed by atoms with Crippen molar-refractivity contribution < 1.29 is 35.4 Å². The molecule has 460 valence electrons. The highest BCUT2D eigenvalue weighted by atomic mass is 16.3. The summed E-state index contributed by atoms with van der Waals surface area (Å²) in [5.74, 6) is 1.80. The van der Waals surface area contributed by atoms with E-state index in [2.05, 4.69) is 99.1 Å². The van der Waals surface area contributed by atoms with E-state index in [0.29, 0.717) is 83.2 Å². The summed E-state index contributed by atoms with van der Waals surface area (Å²) in [7, 11) is 0. The zero-order valence-corrected chi connectivity index (χ0v) is 48.7. The molecule has 0 radical (unpaired) electrons. The largest absolute Gasteiger partial charge is 0.390 e. The molecular formula is C55H78N24O7. The normalized spacial score (nSPS) is 26.1. The maximum atomic E-state index is 13.6. The first-order chi connectivity index (χ1) is 41.7.